The monoisotopic (exact) mass is 469 g/mol. The molecule has 0 amide bonds. The first-order valence-corrected chi connectivity index (χ1v) is 9.28. The van der Waals surface area contributed by atoms with Gasteiger partial charge in [-0.15, -0.1) is 0 Å². The quantitative estimate of drug-likeness (QED) is 0.315. The van der Waals surface area contributed by atoms with Crippen molar-refractivity contribution in [1.29, 1.82) is 0 Å². The predicted octanol–water partition coefficient (Wildman–Crippen LogP) is 2.33. The fourth-order valence-corrected chi connectivity index (χ4v) is 0.924. The van der Waals surface area contributed by atoms with Crippen LogP contribution >= 0.6 is 13.5 Å². The van der Waals surface area contributed by atoms with E-state index in [1.807, 2.05) is 6.07 Å². The van der Waals surface area contributed by atoms with Crippen LogP contribution < -0.4 is 4.57 Å². The molecule has 0 spiro atoms. The van der Waals surface area contributed by atoms with E-state index < -0.39 is 31.3 Å². The molecule has 16 heteroatoms. The predicted molar refractivity (Wildman–Crippen MR) is 85.3 cm³/mol. The average molecular weight is 469 g/mol. The minimum atomic E-state index is -6.09. The summed E-state index contributed by atoms with van der Waals surface area (Å²) in [6.45, 7) is 3.36. The number of rotatable bonds is 3. The van der Waals surface area contributed by atoms with Crippen LogP contribution in [0.2, 0.25) is 0 Å². The van der Waals surface area contributed by atoms with Crippen LogP contribution in [0.25, 0.3) is 0 Å². The Hall–Kier alpha value is -1.10. The van der Waals surface area contributed by atoms with Crippen LogP contribution in [0.5, 0.6) is 0 Å². The van der Waals surface area contributed by atoms with E-state index >= 15 is 0 Å². The SMILES string of the molecule is CCCC[n+]1ccccc1.O=S(=O)(O)C(F)(F)F.O=S(=O)([O-])C(F)(F)F.S. The normalized spacial score (nSPS) is 11.9. The standard InChI is InChI=1S/C9H14N.2CHF3O3S.H2S/c1-2-3-7-10-8-5-4-6-9-10;2*2-1(3,4)8(5,6)7;/h4-6,8-9H,2-3,7H2,1H3;2*(H,5,6,7);1H2/q+1;;;/p-1. The average Bonchev–Trinajstić information content (AvgIpc) is 2.43. The number of alkyl halides is 6. The van der Waals surface area contributed by atoms with Gasteiger partial charge in [-0.3, -0.25) is 4.55 Å². The second kappa shape index (κ2) is 12.4. The van der Waals surface area contributed by atoms with Crippen molar-refractivity contribution in [3.8, 4) is 0 Å². The van der Waals surface area contributed by atoms with Crippen molar-refractivity contribution in [2.45, 2.75) is 37.3 Å². The van der Waals surface area contributed by atoms with Gasteiger partial charge >= 0.3 is 21.1 Å². The first kappa shape index (κ1) is 30.6. The topological polar surface area (TPSA) is 115 Å². The Morgan fingerprint density at radius 3 is 1.48 bits per heavy atom. The van der Waals surface area contributed by atoms with E-state index in [1.54, 1.807) is 0 Å². The molecule has 0 bridgehead atoms. The summed E-state index contributed by atoms with van der Waals surface area (Å²) in [5.41, 5.74) is -11.2. The van der Waals surface area contributed by atoms with Gasteiger partial charge in [0.15, 0.2) is 22.5 Å². The van der Waals surface area contributed by atoms with Crippen LogP contribution in [0.3, 0.4) is 0 Å². The van der Waals surface area contributed by atoms with Gasteiger partial charge in [0.05, 0.1) is 0 Å². The number of halogens is 6. The van der Waals surface area contributed by atoms with Crippen LogP contribution in [0.1, 0.15) is 19.8 Å². The molecule has 0 saturated heterocycles. The fourth-order valence-electron chi connectivity index (χ4n) is 0.924. The molecular weight excluding hydrogens is 452 g/mol. The molecule has 0 unspecified atom stereocenters. The van der Waals surface area contributed by atoms with Crippen molar-refractivity contribution in [3.63, 3.8) is 0 Å². The molecule has 1 rings (SSSR count). The first-order chi connectivity index (χ1) is 11.4. The van der Waals surface area contributed by atoms with E-state index in [0.717, 1.165) is 6.54 Å². The van der Waals surface area contributed by atoms with Gasteiger partial charge in [0, 0.05) is 18.6 Å². The number of aromatic nitrogens is 1. The Labute approximate surface area is 159 Å². The fraction of sp³-hybridized carbons (Fsp3) is 0.545. The molecule has 7 nitrogen and oxygen atoms in total. The second-order valence-electron chi connectivity index (χ2n) is 4.29. The summed E-state index contributed by atoms with van der Waals surface area (Å²) in [4.78, 5) is 0. The third kappa shape index (κ3) is 15.6. The smallest absolute Gasteiger partial charge is 0.522 e. The summed E-state index contributed by atoms with van der Waals surface area (Å²) in [5, 5.41) is 0. The molecule has 27 heavy (non-hydrogen) atoms. The van der Waals surface area contributed by atoms with Gasteiger partial charge in [-0.05, 0) is 0 Å². The van der Waals surface area contributed by atoms with Gasteiger partial charge in [0.2, 0.25) is 0 Å². The summed E-state index contributed by atoms with van der Waals surface area (Å²) in [7, 11) is -11.9. The molecule has 0 fully saturated rings. The Balaban J connectivity index is -0.000000318. The number of pyridine rings is 1. The van der Waals surface area contributed by atoms with E-state index in [-0.39, 0.29) is 13.5 Å². The van der Waals surface area contributed by atoms with E-state index in [0.29, 0.717) is 0 Å². The molecule has 162 valence electrons. The van der Waals surface area contributed by atoms with E-state index in [9.17, 15) is 26.3 Å². The van der Waals surface area contributed by atoms with Crippen LogP contribution in [0, 0.1) is 0 Å². The molecule has 1 N–H and O–H groups in total. The molecule has 0 aromatic carbocycles. The van der Waals surface area contributed by atoms with Gasteiger partial charge in [-0.1, -0.05) is 19.4 Å². The van der Waals surface area contributed by atoms with Gasteiger partial charge in [0.25, 0.3) is 0 Å². The molecular formula is C11H17F6NO6S3. The molecule has 0 aliphatic carbocycles. The third-order valence-corrected chi connectivity index (χ3v) is 3.28. The third-order valence-electron chi connectivity index (χ3n) is 2.12. The Morgan fingerprint density at radius 1 is 0.926 bits per heavy atom. The number of hydrogen-bond acceptors (Lipinski definition) is 5. The highest BCUT2D eigenvalue weighted by Gasteiger charge is 2.44. The Bertz CT molecular complexity index is 677. The Morgan fingerprint density at radius 2 is 1.26 bits per heavy atom. The number of aryl methyl sites for hydroxylation is 1. The maximum atomic E-state index is 10.7. The summed E-state index contributed by atoms with van der Waals surface area (Å²) in [6.07, 6.45) is 6.75. The van der Waals surface area contributed by atoms with Crippen LogP contribution in [0.15, 0.2) is 30.6 Å². The number of nitrogens with zero attached hydrogens (tertiary/aromatic N) is 1. The van der Waals surface area contributed by atoms with Crippen LogP contribution in [0.4, 0.5) is 26.3 Å². The lowest BCUT2D eigenvalue weighted by Crippen LogP contribution is -2.31. The number of hydrogen-bond donors (Lipinski definition) is 1. The number of unbranched alkanes of at least 4 members (excludes halogenated alkanes) is 1. The zero-order chi connectivity index (χ0) is 21.2. The largest absolute Gasteiger partial charge is 0.741 e. The lowest BCUT2D eigenvalue weighted by atomic mass is 10.3. The van der Waals surface area contributed by atoms with Gasteiger partial charge < -0.3 is 4.55 Å². The van der Waals surface area contributed by atoms with Crippen molar-refractivity contribution in [2.24, 2.45) is 0 Å². The molecule has 0 aliphatic rings. The molecule has 0 atom stereocenters. The minimum absolute atomic E-state index is 0. The van der Waals surface area contributed by atoms with E-state index in [4.69, 9.17) is 25.9 Å². The molecule has 1 aromatic rings. The van der Waals surface area contributed by atoms with Gasteiger partial charge in [-0.2, -0.15) is 48.3 Å². The van der Waals surface area contributed by atoms with Crippen LogP contribution in [-0.2, 0) is 26.8 Å². The highest BCUT2D eigenvalue weighted by atomic mass is 32.2. The van der Waals surface area contributed by atoms with E-state index in [1.165, 1.54) is 12.8 Å². The lowest BCUT2D eigenvalue weighted by Gasteiger charge is -2.08. The highest BCUT2D eigenvalue weighted by Crippen LogP contribution is 2.21. The van der Waals surface area contributed by atoms with Crippen molar-refractivity contribution in [3.05, 3.63) is 30.6 Å². The highest BCUT2D eigenvalue weighted by molar-refractivity contribution is 7.86. The maximum absolute atomic E-state index is 10.7. The zero-order valence-corrected chi connectivity index (χ0v) is 16.2. The molecule has 0 saturated carbocycles. The van der Waals surface area contributed by atoms with Gasteiger partial charge in [0.1, 0.15) is 6.54 Å². The second-order valence-corrected chi connectivity index (χ2v) is 7.07. The summed E-state index contributed by atoms with van der Waals surface area (Å²) < 4.78 is 119. The maximum Gasteiger partial charge on any atom is 0.522 e. The molecule has 1 aromatic heterocycles. The summed E-state index contributed by atoms with van der Waals surface area (Å²) >= 11 is 0. The van der Waals surface area contributed by atoms with Gasteiger partial charge in [-0.25, -0.2) is 13.0 Å². The first-order valence-electron chi connectivity index (χ1n) is 6.43. The zero-order valence-electron chi connectivity index (χ0n) is 13.5. The van der Waals surface area contributed by atoms with Crippen LogP contribution in [-0.4, -0.2) is 37.0 Å². The van der Waals surface area contributed by atoms with Crippen molar-refractivity contribution >= 4 is 33.7 Å². The van der Waals surface area contributed by atoms with Crippen molar-refractivity contribution < 1.29 is 56.9 Å². The van der Waals surface area contributed by atoms with Crippen molar-refractivity contribution in [1.82, 2.24) is 0 Å². The molecule has 0 radical (unpaired) electrons. The lowest BCUT2D eigenvalue weighted by molar-refractivity contribution is -0.697. The summed E-state index contributed by atoms with van der Waals surface area (Å²) in [5.74, 6) is 0. The minimum Gasteiger partial charge on any atom is -0.741 e. The van der Waals surface area contributed by atoms with Crippen molar-refractivity contribution in [2.75, 3.05) is 0 Å². The molecule has 0 aliphatic heterocycles. The summed E-state index contributed by atoms with van der Waals surface area (Å²) in [6, 6.07) is 6.17. The Kier molecular flexibility index (Phi) is 14.0. The molecule has 1 heterocycles. The van der Waals surface area contributed by atoms with E-state index in [2.05, 4.69) is 36.0 Å².